The molecule has 1 saturated heterocycles. The van der Waals surface area contributed by atoms with Gasteiger partial charge in [0.05, 0.1) is 23.1 Å². The predicted octanol–water partition coefficient (Wildman–Crippen LogP) is 2.31. The predicted molar refractivity (Wildman–Crippen MR) is 75.9 cm³/mol. The van der Waals surface area contributed by atoms with Gasteiger partial charge < -0.3 is 5.11 Å². The monoisotopic (exact) mass is 287 g/mol. The Hall–Kier alpha value is -2.17. The lowest BCUT2D eigenvalue weighted by Crippen LogP contribution is -2.30. The fourth-order valence-corrected chi connectivity index (χ4v) is 3.40. The molecule has 0 aromatic heterocycles. The highest BCUT2D eigenvalue weighted by Gasteiger charge is 2.49. The first kappa shape index (κ1) is 13.8. The third-order valence-electron chi connectivity index (χ3n) is 4.56. The van der Waals surface area contributed by atoms with E-state index in [1.54, 1.807) is 0 Å². The molecule has 1 N–H and O–H groups in total. The maximum atomic E-state index is 12.5. The van der Waals surface area contributed by atoms with E-state index in [4.69, 9.17) is 5.11 Å². The largest absolute Gasteiger partial charge is 0.478 e. The molecule has 1 heterocycles. The third kappa shape index (κ3) is 2.22. The molecule has 0 radical (unpaired) electrons. The number of amides is 2. The van der Waals surface area contributed by atoms with Crippen LogP contribution in [0.4, 0.5) is 5.69 Å². The van der Waals surface area contributed by atoms with Crippen LogP contribution in [-0.4, -0.2) is 22.9 Å². The summed E-state index contributed by atoms with van der Waals surface area (Å²) in [7, 11) is 0. The molecule has 0 bridgehead atoms. The smallest absolute Gasteiger partial charge is 0.335 e. The second-order valence-electron chi connectivity index (χ2n) is 6.00. The number of carboxylic acids is 1. The number of aromatic carboxylic acids is 1. The van der Waals surface area contributed by atoms with Crippen molar-refractivity contribution in [2.45, 2.75) is 26.2 Å². The van der Waals surface area contributed by atoms with Crippen molar-refractivity contribution in [1.29, 1.82) is 0 Å². The van der Waals surface area contributed by atoms with E-state index in [1.807, 2.05) is 0 Å². The van der Waals surface area contributed by atoms with Crippen molar-refractivity contribution in [2.75, 3.05) is 4.90 Å². The van der Waals surface area contributed by atoms with Crippen LogP contribution in [0.25, 0.3) is 0 Å². The van der Waals surface area contributed by atoms with E-state index in [1.165, 1.54) is 29.2 Å². The van der Waals surface area contributed by atoms with Crippen LogP contribution in [0.3, 0.4) is 0 Å². The molecule has 1 aliphatic carbocycles. The van der Waals surface area contributed by atoms with Crippen LogP contribution >= 0.6 is 0 Å². The average molecular weight is 287 g/mol. The summed E-state index contributed by atoms with van der Waals surface area (Å²) in [5, 5.41) is 8.90. The van der Waals surface area contributed by atoms with Gasteiger partial charge in [-0.15, -0.1) is 0 Å². The summed E-state index contributed by atoms with van der Waals surface area (Å²) in [6, 6.07) is 5.89. The second kappa shape index (κ2) is 4.98. The molecular weight excluding hydrogens is 270 g/mol. The minimum atomic E-state index is -1.02. The van der Waals surface area contributed by atoms with Crippen molar-refractivity contribution in [1.82, 2.24) is 0 Å². The van der Waals surface area contributed by atoms with E-state index in [0.29, 0.717) is 11.6 Å². The van der Waals surface area contributed by atoms with Crippen LogP contribution in [0.2, 0.25) is 0 Å². The lowest BCUT2D eigenvalue weighted by Gasteiger charge is -2.25. The first-order valence-electron chi connectivity index (χ1n) is 7.20. The molecule has 0 spiro atoms. The van der Waals surface area contributed by atoms with Gasteiger partial charge in [-0.05, 0) is 49.4 Å². The maximum absolute atomic E-state index is 12.5. The molecule has 1 saturated carbocycles. The number of rotatable bonds is 2. The van der Waals surface area contributed by atoms with E-state index in [2.05, 4.69) is 6.92 Å². The summed E-state index contributed by atoms with van der Waals surface area (Å²) < 4.78 is 0. The van der Waals surface area contributed by atoms with Gasteiger partial charge in [-0.1, -0.05) is 6.92 Å². The van der Waals surface area contributed by atoms with Crippen LogP contribution in [0.1, 0.15) is 36.5 Å². The summed E-state index contributed by atoms with van der Waals surface area (Å²) in [6.07, 6.45) is 2.51. The van der Waals surface area contributed by atoms with E-state index in [9.17, 15) is 14.4 Å². The quantitative estimate of drug-likeness (QED) is 0.847. The fraction of sp³-hybridized carbons (Fsp3) is 0.438. The zero-order valence-corrected chi connectivity index (χ0v) is 11.8. The Labute approximate surface area is 122 Å². The van der Waals surface area contributed by atoms with Gasteiger partial charge in [0.2, 0.25) is 11.8 Å². The van der Waals surface area contributed by atoms with Gasteiger partial charge in [0.15, 0.2) is 0 Å². The Morgan fingerprint density at radius 2 is 1.71 bits per heavy atom. The fourth-order valence-electron chi connectivity index (χ4n) is 3.40. The SMILES string of the molecule is CC1CCC2C(=O)N(c3ccc(C(=O)O)cc3)C(=O)C2C1. The molecule has 1 aliphatic heterocycles. The van der Waals surface area contributed by atoms with Crippen LogP contribution in [0.5, 0.6) is 0 Å². The van der Waals surface area contributed by atoms with Gasteiger partial charge in [-0.25, -0.2) is 4.79 Å². The minimum Gasteiger partial charge on any atom is -0.478 e. The molecule has 3 unspecified atom stereocenters. The summed E-state index contributed by atoms with van der Waals surface area (Å²) in [5.74, 6) is -1.24. The molecule has 5 nitrogen and oxygen atoms in total. The number of carbonyl (C=O) groups excluding carboxylic acids is 2. The topological polar surface area (TPSA) is 74.7 Å². The highest BCUT2D eigenvalue weighted by molar-refractivity contribution is 6.22. The molecule has 2 fully saturated rings. The average Bonchev–Trinajstić information content (AvgIpc) is 2.70. The molecule has 3 rings (SSSR count). The number of benzene rings is 1. The highest BCUT2D eigenvalue weighted by atomic mass is 16.4. The molecule has 5 heteroatoms. The highest BCUT2D eigenvalue weighted by Crippen LogP contribution is 2.42. The number of hydrogen-bond donors (Lipinski definition) is 1. The first-order chi connectivity index (χ1) is 9.99. The van der Waals surface area contributed by atoms with Crippen molar-refractivity contribution < 1.29 is 19.5 Å². The Morgan fingerprint density at radius 3 is 2.33 bits per heavy atom. The molecule has 2 amide bonds. The molecule has 1 aromatic carbocycles. The molecule has 2 aliphatic rings. The van der Waals surface area contributed by atoms with E-state index < -0.39 is 5.97 Å². The lowest BCUT2D eigenvalue weighted by atomic mass is 9.76. The van der Waals surface area contributed by atoms with Crippen LogP contribution < -0.4 is 4.90 Å². The van der Waals surface area contributed by atoms with E-state index >= 15 is 0 Å². The number of anilines is 1. The summed E-state index contributed by atoms with van der Waals surface area (Å²) in [4.78, 5) is 37.1. The van der Waals surface area contributed by atoms with Crippen LogP contribution in [0.15, 0.2) is 24.3 Å². The van der Waals surface area contributed by atoms with E-state index in [0.717, 1.165) is 19.3 Å². The van der Waals surface area contributed by atoms with Crippen molar-refractivity contribution in [3.05, 3.63) is 29.8 Å². The lowest BCUT2D eigenvalue weighted by molar-refractivity contribution is -0.122. The number of carboxylic acid groups (broad SMARTS) is 1. The van der Waals surface area contributed by atoms with Crippen LogP contribution in [-0.2, 0) is 9.59 Å². The third-order valence-corrected chi connectivity index (χ3v) is 4.56. The Balaban J connectivity index is 1.90. The first-order valence-corrected chi connectivity index (χ1v) is 7.20. The zero-order chi connectivity index (χ0) is 15.1. The molecule has 3 atom stereocenters. The number of nitrogens with zero attached hydrogens (tertiary/aromatic N) is 1. The zero-order valence-electron chi connectivity index (χ0n) is 11.8. The Bertz CT molecular complexity index is 607. The van der Waals surface area contributed by atoms with Crippen molar-refractivity contribution in [3.63, 3.8) is 0 Å². The maximum Gasteiger partial charge on any atom is 0.335 e. The molecule has 21 heavy (non-hydrogen) atoms. The van der Waals surface area contributed by atoms with Gasteiger partial charge in [-0.2, -0.15) is 0 Å². The molecule has 1 aromatic rings. The van der Waals surface area contributed by atoms with Gasteiger partial charge in [0.1, 0.15) is 0 Å². The molecular formula is C16H17NO4. The summed E-state index contributed by atoms with van der Waals surface area (Å²) >= 11 is 0. The second-order valence-corrected chi connectivity index (χ2v) is 6.00. The van der Waals surface area contributed by atoms with Gasteiger partial charge in [-0.3, -0.25) is 14.5 Å². The van der Waals surface area contributed by atoms with E-state index in [-0.39, 0.29) is 29.2 Å². The van der Waals surface area contributed by atoms with Crippen LogP contribution in [0, 0.1) is 17.8 Å². The summed E-state index contributed by atoms with van der Waals surface area (Å²) in [6.45, 7) is 2.11. The number of fused-ring (bicyclic) bond motifs is 1. The van der Waals surface area contributed by atoms with Gasteiger partial charge >= 0.3 is 5.97 Å². The van der Waals surface area contributed by atoms with Crippen molar-refractivity contribution in [3.8, 4) is 0 Å². The number of hydrogen-bond acceptors (Lipinski definition) is 3. The normalized spacial score (nSPS) is 28.6. The van der Waals surface area contributed by atoms with Gasteiger partial charge in [0, 0.05) is 0 Å². The Morgan fingerprint density at radius 1 is 1.10 bits per heavy atom. The molecule has 110 valence electrons. The number of imide groups is 1. The van der Waals surface area contributed by atoms with Crippen molar-refractivity contribution in [2.24, 2.45) is 17.8 Å². The summed E-state index contributed by atoms with van der Waals surface area (Å²) in [5.41, 5.74) is 0.612. The standard InChI is InChI=1S/C16H17NO4/c1-9-2-7-12-13(8-9)15(19)17(14(12)18)11-5-3-10(4-6-11)16(20)21/h3-6,9,12-13H,2,7-8H2,1H3,(H,20,21). The number of carbonyl (C=O) groups is 3. The Kier molecular flexibility index (Phi) is 3.27. The minimum absolute atomic E-state index is 0.139. The van der Waals surface area contributed by atoms with Crippen molar-refractivity contribution >= 4 is 23.5 Å². The van der Waals surface area contributed by atoms with Gasteiger partial charge in [0.25, 0.3) is 0 Å².